The average molecular weight is 608 g/mol. The third-order valence-electron chi connectivity index (χ3n) is 9.41. The zero-order valence-electron chi connectivity index (χ0n) is 27.8. The van der Waals surface area contributed by atoms with Crippen molar-refractivity contribution in [2.45, 2.75) is 92.2 Å². The fourth-order valence-electron chi connectivity index (χ4n) is 6.77. The number of ether oxygens (including phenoxy) is 1. The van der Waals surface area contributed by atoms with Crippen LogP contribution in [0.15, 0.2) is 71.6 Å². The van der Waals surface area contributed by atoms with Gasteiger partial charge in [0.05, 0.1) is 17.6 Å². The summed E-state index contributed by atoms with van der Waals surface area (Å²) in [6, 6.07) is 14.0. The SMILES string of the molecule is C=C(N=O)c1cnn(-c2cccc(C(=C/C(C)C)/C(CCc3ccc4c(c3)CCN(C3CCOCC3)C4)=C(/C)CC)n2)c1CC. The molecular weight excluding hydrogens is 558 g/mol. The number of allylic oxidation sites excluding steroid dienone is 4. The first-order valence-electron chi connectivity index (χ1n) is 16.7. The second-order valence-electron chi connectivity index (χ2n) is 12.8. The number of nitrogens with zero attached hydrogens (tertiary/aromatic N) is 5. The molecule has 0 bridgehead atoms. The summed E-state index contributed by atoms with van der Waals surface area (Å²) in [6.07, 6.45) is 11.0. The Morgan fingerprint density at radius 3 is 2.67 bits per heavy atom. The highest BCUT2D eigenvalue weighted by atomic mass is 16.5. The molecule has 1 saturated heterocycles. The van der Waals surface area contributed by atoms with Gasteiger partial charge in [0.1, 0.15) is 5.70 Å². The molecule has 0 N–H and O–H groups in total. The number of fused-ring (bicyclic) bond motifs is 1. The second kappa shape index (κ2) is 15.1. The Kier molecular flexibility index (Phi) is 11.0. The van der Waals surface area contributed by atoms with Crippen LogP contribution in [0.25, 0.3) is 17.1 Å². The van der Waals surface area contributed by atoms with Crippen molar-refractivity contribution in [2.24, 2.45) is 11.1 Å². The fourth-order valence-corrected chi connectivity index (χ4v) is 6.77. The van der Waals surface area contributed by atoms with Gasteiger partial charge in [0, 0.05) is 37.9 Å². The lowest BCUT2D eigenvalue weighted by atomic mass is 9.88. The molecular formula is C38H49N5O2. The molecule has 0 spiro atoms. The van der Waals surface area contributed by atoms with Gasteiger partial charge in [0.25, 0.3) is 0 Å². The number of hydrogen-bond acceptors (Lipinski definition) is 6. The van der Waals surface area contributed by atoms with E-state index >= 15 is 0 Å². The molecule has 2 aromatic heterocycles. The standard InChI is InChI=1S/C38H49N5O2/c1-7-27(5)33(15-13-29-12-14-31-25-42(19-16-30(31)23-29)32-17-20-45-21-18-32)34(22-26(3)4)36-10-9-11-38(40-36)43-37(8-2)35(24-39-43)28(6)41-44/h9-12,14,22-24,26,32H,6-8,13,15-21,25H2,1-5H3/b33-27-,34-22+. The van der Waals surface area contributed by atoms with E-state index in [0.29, 0.717) is 23.9 Å². The maximum absolute atomic E-state index is 11.2. The van der Waals surface area contributed by atoms with Crippen LogP contribution in [0, 0.1) is 10.8 Å². The molecule has 0 radical (unpaired) electrons. The van der Waals surface area contributed by atoms with Crippen molar-refractivity contribution in [3.05, 3.63) is 105 Å². The maximum Gasteiger partial charge on any atom is 0.154 e. The smallest absolute Gasteiger partial charge is 0.154 e. The quantitative estimate of drug-likeness (QED) is 0.152. The minimum atomic E-state index is 0.192. The van der Waals surface area contributed by atoms with Gasteiger partial charge in [-0.15, -0.1) is 4.91 Å². The lowest BCUT2D eigenvalue weighted by Gasteiger charge is -2.37. The highest BCUT2D eigenvalue weighted by molar-refractivity contribution is 5.78. The van der Waals surface area contributed by atoms with Crippen LogP contribution in [0.3, 0.4) is 0 Å². The highest BCUT2D eigenvalue weighted by Crippen LogP contribution is 2.33. The monoisotopic (exact) mass is 607 g/mol. The molecule has 0 amide bonds. The number of benzene rings is 1. The van der Waals surface area contributed by atoms with Crippen molar-refractivity contribution in [1.82, 2.24) is 19.7 Å². The largest absolute Gasteiger partial charge is 0.381 e. The predicted molar refractivity (Wildman–Crippen MR) is 184 cm³/mol. The molecule has 1 fully saturated rings. The van der Waals surface area contributed by atoms with Crippen molar-refractivity contribution in [3.63, 3.8) is 0 Å². The summed E-state index contributed by atoms with van der Waals surface area (Å²) < 4.78 is 7.42. The topological polar surface area (TPSA) is 72.6 Å². The second-order valence-corrected chi connectivity index (χ2v) is 12.8. The van der Waals surface area contributed by atoms with E-state index in [0.717, 1.165) is 82.0 Å². The van der Waals surface area contributed by atoms with Gasteiger partial charge in [0.15, 0.2) is 5.82 Å². The summed E-state index contributed by atoms with van der Waals surface area (Å²) in [4.78, 5) is 19.0. The van der Waals surface area contributed by atoms with Gasteiger partial charge in [-0.1, -0.05) is 70.2 Å². The Bertz CT molecular complexity index is 1570. The Balaban J connectivity index is 1.40. The average Bonchev–Trinajstić information content (AvgIpc) is 3.51. The lowest BCUT2D eigenvalue weighted by Crippen LogP contribution is -2.42. The number of rotatable bonds is 12. The fraction of sp³-hybridized carbons (Fsp3) is 0.474. The van der Waals surface area contributed by atoms with E-state index in [9.17, 15) is 4.91 Å². The summed E-state index contributed by atoms with van der Waals surface area (Å²) in [5.41, 5.74) is 11.0. The lowest BCUT2D eigenvalue weighted by molar-refractivity contribution is 0.0290. The van der Waals surface area contributed by atoms with E-state index in [1.165, 1.54) is 33.4 Å². The maximum atomic E-state index is 11.2. The molecule has 1 aromatic carbocycles. The number of nitroso groups, excluding NO2 is 1. The first kappa shape index (κ1) is 32.7. The van der Waals surface area contributed by atoms with Crippen LogP contribution in [-0.4, -0.2) is 45.5 Å². The molecule has 0 unspecified atom stereocenters. The van der Waals surface area contributed by atoms with Gasteiger partial charge in [-0.25, -0.2) is 9.67 Å². The van der Waals surface area contributed by atoms with Gasteiger partial charge in [-0.05, 0) is 103 Å². The van der Waals surface area contributed by atoms with Gasteiger partial charge >= 0.3 is 0 Å². The summed E-state index contributed by atoms with van der Waals surface area (Å²) in [5.74, 6) is 1.08. The van der Waals surface area contributed by atoms with Gasteiger partial charge in [0.2, 0.25) is 0 Å². The number of pyridine rings is 1. The van der Waals surface area contributed by atoms with Crippen LogP contribution in [0.5, 0.6) is 0 Å². The van der Waals surface area contributed by atoms with Crippen LogP contribution < -0.4 is 0 Å². The van der Waals surface area contributed by atoms with Crippen LogP contribution >= 0.6 is 0 Å². The third kappa shape index (κ3) is 7.59. The van der Waals surface area contributed by atoms with Crippen molar-refractivity contribution >= 4 is 11.3 Å². The van der Waals surface area contributed by atoms with Crippen molar-refractivity contribution in [2.75, 3.05) is 19.8 Å². The molecule has 0 aliphatic carbocycles. The summed E-state index contributed by atoms with van der Waals surface area (Å²) >= 11 is 0. The minimum Gasteiger partial charge on any atom is -0.381 e. The number of aryl methyl sites for hydroxylation is 1. The molecule has 3 aromatic rings. The highest BCUT2D eigenvalue weighted by Gasteiger charge is 2.25. The van der Waals surface area contributed by atoms with Gasteiger partial charge in [-0.3, -0.25) is 4.90 Å². The Hall–Kier alpha value is -3.68. The van der Waals surface area contributed by atoms with E-state index in [2.05, 4.69) is 79.8 Å². The van der Waals surface area contributed by atoms with E-state index in [1.54, 1.807) is 6.20 Å². The first-order valence-corrected chi connectivity index (χ1v) is 16.7. The molecule has 4 heterocycles. The van der Waals surface area contributed by atoms with E-state index in [-0.39, 0.29) is 5.70 Å². The predicted octanol–water partition coefficient (Wildman–Crippen LogP) is 8.50. The molecule has 7 heteroatoms. The van der Waals surface area contributed by atoms with E-state index in [1.807, 2.05) is 23.7 Å². The van der Waals surface area contributed by atoms with Crippen LogP contribution in [0.1, 0.15) is 93.9 Å². The van der Waals surface area contributed by atoms with Crippen molar-refractivity contribution < 1.29 is 4.74 Å². The summed E-state index contributed by atoms with van der Waals surface area (Å²) in [5, 5.41) is 7.64. The zero-order chi connectivity index (χ0) is 31.9. The van der Waals surface area contributed by atoms with Crippen LogP contribution in [-0.2, 0) is 30.5 Å². The molecule has 238 valence electrons. The molecule has 2 aliphatic rings. The molecule has 7 nitrogen and oxygen atoms in total. The normalized spacial score (nSPS) is 16.9. The first-order chi connectivity index (χ1) is 21.8. The van der Waals surface area contributed by atoms with Crippen LogP contribution in [0.2, 0.25) is 0 Å². The van der Waals surface area contributed by atoms with Crippen molar-refractivity contribution in [3.8, 4) is 5.82 Å². The molecule has 0 atom stereocenters. The summed E-state index contributed by atoms with van der Waals surface area (Å²) in [7, 11) is 0. The Morgan fingerprint density at radius 1 is 1.16 bits per heavy atom. The Morgan fingerprint density at radius 2 is 1.96 bits per heavy atom. The van der Waals surface area contributed by atoms with Gasteiger partial charge in [-0.2, -0.15) is 5.10 Å². The third-order valence-corrected chi connectivity index (χ3v) is 9.41. The Labute approximate surface area is 269 Å². The summed E-state index contributed by atoms with van der Waals surface area (Å²) in [6.45, 7) is 18.8. The molecule has 2 aliphatic heterocycles. The zero-order valence-corrected chi connectivity index (χ0v) is 27.8. The van der Waals surface area contributed by atoms with Gasteiger partial charge < -0.3 is 4.74 Å². The molecule has 0 saturated carbocycles. The van der Waals surface area contributed by atoms with E-state index < -0.39 is 0 Å². The van der Waals surface area contributed by atoms with Crippen LogP contribution in [0.4, 0.5) is 0 Å². The number of hydrogen-bond donors (Lipinski definition) is 0. The minimum absolute atomic E-state index is 0.192. The molecule has 45 heavy (non-hydrogen) atoms. The molecule has 5 rings (SSSR count). The van der Waals surface area contributed by atoms with Crippen molar-refractivity contribution in [1.29, 1.82) is 0 Å². The number of aromatic nitrogens is 3. The van der Waals surface area contributed by atoms with E-state index in [4.69, 9.17) is 9.72 Å².